The molecule has 0 aliphatic carbocycles. The van der Waals surface area contributed by atoms with Gasteiger partial charge >= 0.3 is 5.97 Å². The van der Waals surface area contributed by atoms with Crippen LogP contribution in [0.15, 0.2) is 66.7 Å². The fourth-order valence-electron chi connectivity index (χ4n) is 1.67. The summed E-state index contributed by atoms with van der Waals surface area (Å²) in [6.07, 6.45) is 2.50. The molecule has 1 N–H and O–H groups in total. The minimum absolute atomic E-state index is 0.219. The third kappa shape index (κ3) is 5.40. The first kappa shape index (κ1) is 14.7. The van der Waals surface area contributed by atoms with Gasteiger partial charge in [-0.15, -0.1) is 0 Å². The number of aliphatic carboxylic acids is 1. The molecule has 0 aromatic heterocycles. The molecule has 0 aliphatic heterocycles. The van der Waals surface area contributed by atoms with Crippen LogP contribution < -0.4 is 9.47 Å². The van der Waals surface area contributed by atoms with Crippen LogP contribution in [0.4, 0.5) is 0 Å². The van der Waals surface area contributed by atoms with Gasteiger partial charge in [0.2, 0.25) is 0 Å². The second kappa shape index (κ2) is 7.75. The van der Waals surface area contributed by atoms with Gasteiger partial charge in [0.1, 0.15) is 24.7 Å². The second-order valence-electron chi connectivity index (χ2n) is 4.30. The van der Waals surface area contributed by atoms with Gasteiger partial charge in [-0.05, 0) is 35.9 Å². The maximum atomic E-state index is 10.3. The van der Waals surface area contributed by atoms with E-state index in [1.807, 2.05) is 42.5 Å². The van der Waals surface area contributed by atoms with Gasteiger partial charge in [-0.1, -0.05) is 30.3 Å². The molecule has 2 rings (SSSR count). The Hall–Kier alpha value is -2.75. The number of hydrogen-bond acceptors (Lipinski definition) is 3. The average Bonchev–Trinajstić information content (AvgIpc) is 2.51. The summed E-state index contributed by atoms with van der Waals surface area (Å²) < 4.78 is 11.0. The molecule has 2 aromatic rings. The zero-order valence-electron chi connectivity index (χ0n) is 11.4. The smallest absolute Gasteiger partial charge is 0.328 e. The Bertz CT molecular complexity index is 588. The number of carbonyl (C=O) groups is 1. The van der Waals surface area contributed by atoms with E-state index >= 15 is 0 Å². The molecule has 0 saturated heterocycles. The van der Waals surface area contributed by atoms with Crippen molar-refractivity contribution in [1.82, 2.24) is 0 Å². The average molecular weight is 284 g/mol. The van der Waals surface area contributed by atoms with Gasteiger partial charge in [0.25, 0.3) is 0 Å². The van der Waals surface area contributed by atoms with Crippen LogP contribution in [-0.2, 0) is 11.4 Å². The van der Waals surface area contributed by atoms with Crippen LogP contribution in [-0.4, -0.2) is 17.7 Å². The van der Waals surface area contributed by atoms with Crippen molar-refractivity contribution in [2.45, 2.75) is 6.61 Å². The molecule has 0 fully saturated rings. The molecule has 0 radical (unpaired) electrons. The van der Waals surface area contributed by atoms with E-state index < -0.39 is 5.97 Å². The number of benzene rings is 2. The Labute approximate surface area is 123 Å². The van der Waals surface area contributed by atoms with Crippen molar-refractivity contribution in [3.8, 4) is 11.5 Å². The summed E-state index contributed by atoms with van der Waals surface area (Å²) >= 11 is 0. The normalized spacial score (nSPS) is 10.5. The van der Waals surface area contributed by atoms with E-state index in [1.54, 1.807) is 12.1 Å². The minimum atomic E-state index is -0.983. The summed E-state index contributed by atoms with van der Waals surface area (Å²) in [7, 11) is 0. The zero-order chi connectivity index (χ0) is 14.9. The molecule has 21 heavy (non-hydrogen) atoms. The molecule has 2 aromatic carbocycles. The van der Waals surface area contributed by atoms with Crippen molar-refractivity contribution < 1.29 is 19.4 Å². The molecule has 4 nitrogen and oxygen atoms in total. The van der Waals surface area contributed by atoms with Gasteiger partial charge in [-0.2, -0.15) is 0 Å². The Kier molecular flexibility index (Phi) is 5.41. The Morgan fingerprint density at radius 2 is 1.57 bits per heavy atom. The highest BCUT2D eigenvalue weighted by Crippen LogP contribution is 2.18. The van der Waals surface area contributed by atoms with E-state index in [9.17, 15) is 4.79 Å². The summed E-state index contributed by atoms with van der Waals surface area (Å²) in [6, 6.07) is 17.1. The first-order valence-electron chi connectivity index (χ1n) is 6.53. The molecule has 0 bridgehead atoms. The Morgan fingerprint density at radius 3 is 2.19 bits per heavy atom. The van der Waals surface area contributed by atoms with E-state index in [0.717, 1.165) is 17.4 Å². The molecule has 0 saturated carbocycles. The van der Waals surface area contributed by atoms with Gasteiger partial charge in [0, 0.05) is 6.08 Å². The van der Waals surface area contributed by atoms with E-state index in [-0.39, 0.29) is 6.61 Å². The summed E-state index contributed by atoms with van der Waals surface area (Å²) in [5.41, 5.74) is 1.11. The molecular weight excluding hydrogens is 268 g/mol. The van der Waals surface area contributed by atoms with E-state index in [2.05, 4.69) is 0 Å². The Morgan fingerprint density at radius 1 is 0.952 bits per heavy atom. The molecular formula is C17H16O4. The first-order valence-corrected chi connectivity index (χ1v) is 6.53. The lowest BCUT2D eigenvalue weighted by Crippen LogP contribution is -1.97. The van der Waals surface area contributed by atoms with Crippen LogP contribution in [0.5, 0.6) is 11.5 Å². The molecule has 0 atom stereocenters. The van der Waals surface area contributed by atoms with E-state index in [4.69, 9.17) is 14.6 Å². The third-order valence-corrected chi connectivity index (χ3v) is 2.68. The number of ether oxygens (including phenoxy) is 2. The van der Waals surface area contributed by atoms with Crippen molar-refractivity contribution >= 4 is 5.97 Å². The largest absolute Gasteiger partial charge is 0.490 e. The van der Waals surface area contributed by atoms with Gasteiger partial charge in [0.05, 0.1) is 0 Å². The molecule has 0 amide bonds. The van der Waals surface area contributed by atoms with E-state index in [1.165, 1.54) is 6.08 Å². The molecule has 0 heterocycles. The maximum Gasteiger partial charge on any atom is 0.328 e. The fraction of sp³-hybridized carbons (Fsp3) is 0.118. The monoisotopic (exact) mass is 284 g/mol. The fourth-order valence-corrected chi connectivity index (χ4v) is 1.67. The van der Waals surface area contributed by atoms with E-state index in [0.29, 0.717) is 12.4 Å². The first-order chi connectivity index (χ1) is 10.2. The second-order valence-corrected chi connectivity index (χ2v) is 4.30. The third-order valence-electron chi connectivity index (χ3n) is 2.68. The van der Waals surface area contributed by atoms with Crippen molar-refractivity contribution in [3.05, 3.63) is 72.3 Å². The number of carboxylic acid groups (broad SMARTS) is 1. The maximum absolute atomic E-state index is 10.3. The quantitative estimate of drug-likeness (QED) is 0.793. The molecule has 0 spiro atoms. The molecule has 0 unspecified atom stereocenters. The highest BCUT2D eigenvalue weighted by Gasteiger charge is 1.97. The molecule has 108 valence electrons. The number of rotatable bonds is 7. The summed E-state index contributed by atoms with van der Waals surface area (Å²) in [4.78, 5) is 10.3. The number of hydrogen-bond donors (Lipinski definition) is 1. The van der Waals surface area contributed by atoms with Crippen molar-refractivity contribution in [1.29, 1.82) is 0 Å². The lowest BCUT2D eigenvalue weighted by atomic mass is 10.2. The summed E-state index contributed by atoms with van der Waals surface area (Å²) in [5.74, 6) is 0.438. The van der Waals surface area contributed by atoms with Crippen LogP contribution >= 0.6 is 0 Å². The van der Waals surface area contributed by atoms with Crippen LogP contribution in [0.2, 0.25) is 0 Å². The SMILES string of the molecule is O=C(O)C=CCOc1ccc(OCc2ccccc2)cc1. The standard InChI is InChI=1S/C17H16O4/c18-17(19)7-4-12-20-15-8-10-16(11-9-15)21-13-14-5-2-1-3-6-14/h1-11H,12-13H2,(H,18,19). The zero-order valence-corrected chi connectivity index (χ0v) is 11.4. The van der Waals surface area contributed by atoms with Crippen molar-refractivity contribution in [3.63, 3.8) is 0 Å². The molecule has 0 aliphatic rings. The van der Waals surface area contributed by atoms with Gasteiger partial charge < -0.3 is 14.6 Å². The lowest BCUT2D eigenvalue weighted by Gasteiger charge is -2.07. The van der Waals surface area contributed by atoms with Crippen molar-refractivity contribution in [2.24, 2.45) is 0 Å². The van der Waals surface area contributed by atoms with Crippen LogP contribution in [0.3, 0.4) is 0 Å². The summed E-state index contributed by atoms with van der Waals surface area (Å²) in [6.45, 7) is 0.735. The summed E-state index contributed by atoms with van der Waals surface area (Å²) in [5, 5.41) is 8.44. The van der Waals surface area contributed by atoms with Crippen LogP contribution in [0.1, 0.15) is 5.56 Å². The highest BCUT2D eigenvalue weighted by atomic mass is 16.5. The van der Waals surface area contributed by atoms with Gasteiger partial charge in [-0.3, -0.25) is 0 Å². The minimum Gasteiger partial charge on any atom is -0.490 e. The number of carboxylic acids is 1. The topological polar surface area (TPSA) is 55.8 Å². The van der Waals surface area contributed by atoms with Gasteiger partial charge in [0.15, 0.2) is 0 Å². The molecule has 4 heteroatoms. The van der Waals surface area contributed by atoms with Crippen molar-refractivity contribution in [2.75, 3.05) is 6.61 Å². The van der Waals surface area contributed by atoms with Gasteiger partial charge in [-0.25, -0.2) is 4.79 Å². The van der Waals surface area contributed by atoms with Crippen LogP contribution in [0, 0.1) is 0 Å². The lowest BCUT2D eigenvalue weighted by molar-refractivity contribution is -0.131. The highest BCUT2D eigenvalue weighted by molar-refractivity contribution is 5.79. The van der Waals surface area contributed by atoms with Crippen LogP contribution in [0.25, 0.3) is 0 Å². The Balaban J connectivity index is 1.80. The predicted molar refractivity (Wildman–Crippen MR) is 79.5 cm³/mol. The predicted octanol–water partition coefficient (Wildman–Crippen LogP) is 3.29.